The Morgan fingerprint density at radius 2 is 2.10 bits per heavy atom. The van der Waals surface area contributed by atoms with Gasteiger partial charge in [0.1, 0.15) is 11.6 Å². The number of oxazole rings is 1. The summed E-state index contributed by atoms with van der Waals surface area (Å²) in [6, 6.07) is 8.14. The van der Waals surface area contributed by atoms with E-state index in [0.29, 0.717) is 13.1 Å². The lowest BCUT2D eigenvalue weighted by atomic mass is 10.3. The molecule has 20 heavy (non-hydrogen) atoms. The number of benzene rings is 1. The van der Waals surface area contributed by atoms with Gasteiger partial charge in [0.2, 0.25) is 5.89 Å². The van der Waals surface area contributed by atoms with Crippen molar-refractivity contribution in [1.82, 2.24) is 19.9 Å². The smallest absolute Gasteiger partial charge is 0.208 e. The number of rotatable bonds is 5. The van der Waals surface area contributed by atoms with Crippen molar-refractivity contribution in [2.75, 3.05) is 0 Å². The van der Waals surface area contributed by atoms with E-state index in [4.69, 9.17) is 4.42 Å². The van der Waals surface area contributed by atoms with Crippen LogP contribution in [-0.4, -0.2) is 14.5 Å². The Morgan fingerprint density at radius 1 is 1.25 bits per heavy atom. The van der Waals surface area contributed by atoms with E-state index < -0.39 is 0 Å². The molecule has 0 saturated carbocycles. The summed E-state index contributed by atoms with van der Waals surface area (Å²) in [6.07, 6.45) is 2.66. The van der Waals surface area contributed by atoms with E-state index in [1.54, 1.807) is 6.20 Å². The predicted molar refractivity (Wildman–Crippen MR) is 77.1 cm³/mol. The number of para-hydroxylation sites is 2. The molecule has 0 fully saturated rings. The molecule has 0 bridgehead atoms. The van der Waals surface area contributed by atoms with Gasteiger partial charge in [0.25, 0.3) is 0 Å². The summed E-state index contributed by atoms with van der Waals surface area (Å²) in [5.41, 5.74) is 2.17. The first kappa shape index (κ1) is 12.9. The fraction of sp³-hybridized carbons (Fsp3) is 0.333. The van der Waals surface area contributed by atoms with Crippen LogP contribution in [0.1, 0.15) is 24.4 Å². The average molecular weight is 270 g/mol. The van der Waals surface area contributed by atoms with Crippen LogP contribution >= 0.6 is 0 Å². The number of nitrogens with zero attached hydrogens (tertiary/aromatic N) is 3. The second kappa shape index (κ2) is 5.46. The minimum atomic E-state index is 0.614. The van der Waals surface area contributed by atoms with Crippen LogP contribution in [0.4, 0.5) is 0 Å². The second-order valence-electron chi connectivity index (χ2n) is 4.75. The molecule has 5 nitrogen and oxygen atoms in total. The normalized spacial score (nSPS) is 11.3. The van der Waals surface area contributed by atoms with Crippen LogP contribution in [0.25, 0.3) is 11.0 Å². The largest absolute Gasteiger partial charge is 0.444 e. The predicted octanol–water partition coefficient (Wildman–Crippen LogP) is 2.41. The zero-order valence-corrected chi connectivity index (χ0v) is 11.8. The van der Waals surface area contributed by atoms with E-state index in [1.807, 2.05) is 25.2 Å². The van der Waals surface area contributed by atoms with Crippen molar-refractivity contribution in [3.8, 4) is 0 Å². The summed E-state index contributed by atoms with van der Waals surface area (Å²) < 4.78 is 7.67. The van der Waals surface area contributed by atoms with Crippen molar-refractivity contribution in [2.24, 2.45) is 7.05 Å². The van der Waals surface area contributed by atoms with Crippen LogP contribution in [0.2, 0.25) is 0 Å². The maximum atomic E-state index is 5.56. The quantitative estimate of drug-likeness (QED) is 0.773. The number of aryl methyl sites for hydroxylation is 2. The summed E-state index contributed by atoms with van der Waals surface area (Å²) in [5, 5.41) is 3.32. The molecule has 0 amide bonds. The molecular weight excluding hydrogens is 252 g/mol. The standard InChI is InChI=1S/C15H18N4O/c1-3-11-8-17-15(20-11)10-16-9-14-18-12-6-4-5-7-13(12)19(14)2/h4-8,16H,3,9-10H2,1-2H3. The highest BCUT2D eigenvalue weighted by Crippen LogP contribution is 2.14. The maximum absolute atomic E-state index is 5.56. The van der Waals surface area contributed by atoms with Crippen LogP contribution in [-0.2, 0) is 26.6 Å². The summed E-state index contributed by atoms with van der Waals surface area (Å²) in [6.45, 7) is 3.36. The van der Waals surface area contributed by atoms with Crippen molar-refractivity contribution in [2.45, 2.75) is 26.4 Å². The summed E-state index contributed by atoms with van der Waals surface area (Å²) in [5.74, 6) is 2.65. The number of nitrogens with one attached hydrogen (secondary N) is 1. The number of hydrogen-bond acceptors (Lipinski definition) is 4. The Hall–Kier alpha value is -2.14. The van der Waals surface area contributed by atoms with E-state index in [9.17, 15) is 0 Å². The molecule has 2 aromatic heterocycles. The molecule has 104 valence electrons. The highest BCUT2D eigenvalue weighted by molar-refractivity contribution is 5.75. The van der Waals surface area contributed by atoms with Gasteiger partial charge in [-0.2, -0.15) is 0 Å². The van der Waals surface area contributed by atoms with Crippen molar-refractivity contribution in [3.63, 3.8) is 0 Å². The lowest BCUT2D eigenvalue weighted by Crippen LogP contribution is -2.15. The van der Waals surface area contributed by atoms with Gasteiger partial charge in [-0.3, -0.25) is 0 Å². The molecule has 1 N–H and O–H groups in total. The third-order valence-corrected chi connectivity index (χ3v) is 3.39. The van der Waals surface area contributed by atoms with Gasteiger partial charge in [-0.1, -0.05) is 19.1 Å². The Morgan fingerprint density at radius 3 is 2.85 bits per heavy atom. The van der Waals surface area contributed by atoms with Crippen LogP contribution in [0.15, 0.2) is 34.9 Å². The molecule has 0 aliphatic heterocycles. The average Bonchev–Trinajstić information content (AvgIpc) is 3.05. The monoisotopic (exact) mass is 270 g/mol. The van der Waals surface area contributed by atoms with Crippen molar-refractivity contribution in [3.05, 3.63) is 47.9 Å². The van der Waals surface area contributed by atoms with Crippen LogP contribution < -0.4 is 5.32 Å². The second-order valence-corrected chi connectivity index (χ2v) is 4.75. The molecule has 0 radical (unpaired) electrons. The molecule has 0 atom stereocenters. The van der Waals surface area contributed by atoms with E-state index in [2.05, 4.69) is 32.8 Å². The van der Waals surface area contributed by atoms with Gasteiger partial charge in [-0.25, -0.2) is 9.97 Å². The first-order chi connectivity index (χ1) is 9.78. The SMILES string of the molecule is CCc1cnc(CNCc2nc3ccccc3n2C)o1. The minimum absolute atomic E-state index is 0.614. The van der Waals surface area contributed by atoms with E-state index in [1.165, 1.54) is 0 Å². The Balaban J connectivity index is 1.66. The maximum Gasteiger partial charge on any atom is 0.208 e. The van der Waals surface area contributed by atoms with Crippen molar-refractivity contribution in [1.29, 1.82) is 0 Å². The van der Waals surface area contributed by atoms with Crippen molar-refractivity contribution >= 4 is 11.0 Å². The third kappa shape index (κ3) is 2.44. The molecule has 1 aromatic carbocycles. The highest BCUT2D eigenvalue weighted by Gasteiger charge is 2.07. The van der Waals surface area contributed by atoms with E-state index in [-0.39, 0.29) is 0 Å². The number of hydrogen-bond donors (Lipinski definition) is 1. The Labute approximate surface area is 117 Å². The first-order valence-corrected chi connectivity index (χ1v) is 6.82. The van der Waals surface area contributed by atoms with Gasteiger partial charge < -0.3 is 14.3 Å². The molecular formula is C15H18N4O. The lowest BCUT2D eigenvalue weighted by Gasteiger charge is -2.03. The molecule has 3 aromatic rings. The summed E-state index contributed by atoms with van der Waals surface area (Å²) in [7, 11) is 2.03. The molecule has 0 aliphatic carbocycles. The highest BCUT2D eigenvalue weighted by atomic mass is 16.4. The zero-order valence-electron chi connectivity index (χ0n) is 11.8. The van der Waals surface area contributed by atoms with E-state index >= 15 is 0 Å². The zero-order chi connectivity index (χ0) is 13.9. The van der Waals surface area contributed by atoms with Crippen LogP contribution in [0.5, 0.6) is 0 Å². The van der Waals surface area contributed by atoms with Crippen LogP contribution in [0.3, 0.4) is 0 Å². The number of imidazole rings is 1. The van der Waals surface area contributed by atoms with Crippen molar-refractivity contribution < 1.29 is 4.42 Å². The third-order valence-electron chi connectivity index (χ3n) is 3.39. The molecule has 2 heterocycles. The Bertz CT molecular complexity index is 714. The molecule has 0 spiro atoms. The fourth-order valence-corrected chi connectivity index (χ4v) is 2.23. The molecule has 0 unspecified atom stereocenters. The van der Waals surface area contributed by atoms with E-state index in [0.717, 1.165) is 34.9 Å². The Kier molecular flexibility index (Phi) is 3.52. The number of fused-ring (bicyclic) bond motifs is 1. The van der Waals surface area contributed by atoms with Gasteiger partial charge in [0.05, 0.1) is 30.3 Å². The van der Waals surface area contributed by atoms with Gasteiger partial charge in [0.15, 0.2) is 0 Å². The minimum Gasteiger partial charge on any atom is -0.444 e. The summed E-state index contributed by atoms with van der Waals surface area (Å²) >= 11 is 0. The molecule has 0 aliphatic rings. The number of aromatic nitrogens is 3. The molecule has 0 saturated heterocycles. The van der Waals surface area contributed by atoms with Gasteiger partial charge in [0, 0.05) is 13.5 Å². The van der Waals surface area contributed by atoms with Crippen LogP contribution in [0, 0.1) is 0 Å². The molecule has 3 rings (SSSR count). The summed E-state index contributed by atoms with van der Waals surface area (Å²) in [4.78, 5) is 8.84. The van der Waals surface area contributed by atoms with Gasteiger partial charge >= 0.3 is 0 Å². The lowest BCUT2D eigenvalue weighted by molar-refractivity contribution is 0.436. The first-order valence-electron chi connectivity index (χ1n) is 6.82. The fourth-order valence-electron chi connectivity index (χ4n) is 2.23. The molecule has 5 heteroatoms. The topological polar surface area (TPSA) is 55.9 Å². The van der Waals surface area contributed by atoms with Gasteiger partial charge in [-0.05, 0) is 12.1 Å². The van der Waals surface area contributed by atoms with Gasteiger partial charge in [-0.15, -0.1) is 0 Å².